The van der Waals surface area contributed by atoms with Gasteiger partial charge in [-0.1, -0.05) is 24.6 Å². The van der Waals surface area contributed by atoms with Crippen LogP contribution in [0, 0.1) is 6.92 Å². The van der Waals surface area contributed by atoms with Gasteiger partial charge in [0.1, 0.15) is 0 Å². The highest BCUT2D eigenvalue weighted by Crippen LogP contribution is 2.19. The van der Waals surface area contributed by atoms with Crippen molar-refractivity contribution < 1.29 is 14.3 Å². The molecule has 0 aliphatic carbocycles. The van der Waals surface area contributed by atoms with Crippen molar-refractivity contribution in [3.63, 3.8) is 0 Å². The van der Waals surface area contributed by atoms with Crippen molar-refractivity contribution in [3.8, 4) is 5.69 Å². The number of hydrogen-bond donors (Lipinski definition) is 0. The summed E-state index contributed by atoms with van der Waals surface area (Å²) < 4.78 is 7.18. The summed E-state index contributed by atoms with van der Waals surface area (Å²) in [4.78, 5) is 31.6. The van der Waals surface area contributed by atoms with E-state index in [4.69, 9.17) is 4.74 Å². The van der Waals surface area contributed by atoms with Crippen molar-refractivity contribution in [2.45, 2.75) is 20.3 Å². The van der Waals surface area contributed by atoms with Crippen LogP contribution in [0.4, 0.5) is 0 Å². The molecule has 3 heterocycles. The SMILES string of the molecule is CCc1c(C(=O)N2CCN(CC(=O)N3CCOCC3)CC2)cnn1-c1ccc(C)cc1. The van der Waals surface area contributed by atoms with Crippen molar-refractivity contribution in [2.24, 2.45) is 0 Å². The molecule has 0 spiro atoms. The predicted molar refractivity (Wildman–Crippen MR) is 117 cm³/mol. The maximum Gasteiger partial charge on any atom is 0.257 e. The molecule has 2 amide bonds. The van der Waals surface area contributed by atoms with Crippen LogP contribution in [0.5, 0.6) is 0 Å². The van der Waals surface area contributed by atoms with Gasteiger partial charge in [0.15, 0.2) is 0 Å². The third kappa shape index (κ3) is 4.80. The Morgan fingerprint density at radius 2 is 1.65 bits per heavy atom. The summed E-state index contributed by atoms with van der Waals surface area (Å²) in [6, 6.07) is 8.16. The van der Waals surface area contributed by atoms with Gasteiger partial charge >= 0.3 is 0 Å². The molecular formula is C23H31N5O3. The van der Waals surface area contributed by atoms with Gasteiger partial charge in [-0.3, -0.25) is 14.5 Å². The first kappa shape index (κ1) is 21.5. The molecule has 2 fully saturated rings. The van der Waals surface area contributed by atoms with E-state index >= 15 is 0 Å². The number of carbonyl (C=O) groups excluding carboxylic acids is 2. The van der Waals surface area contributed by atoms with E-state index in [9.17, 15) is 9.59 Å². The van der Waals surface area contributed by atoms with E-state index in [0.29, 0.717) is 64.6 Å². The molecule has 0 unspecified atom stereocenters. The maximum atomic E-state index is 13.2. The van der Waals surface area contributed by atoms with E-state index in [2.05, 4.69) is 29.1 Å². The van der Waals surface area contributed by atoms with Crippen molar-refractivity contribution >= 4 is 11.8 Å². The lowest BCUT2D eigenvalue weighted by Gasteiger charge is -2.36. The Hall–Kier alpha value is -2.71. The molecule has 2 saturated heterocycles. The summed E-state index contributed by atoms with van der Waals surface area (Å²) in [7, 11) is 0. The van der Waals surface area contributed by atoms with Gasteiger partial charge in [0.05, 0.1) is 42.9 Å². The number of amides is 2. The summed E-state index contributed by atoms with van der Waals surface area (Å²) in [5, 5.41) is 4.51. The van der Waals surface area contributed by atoms with Crippen LogP contribution in [0.15, 0.2) is 30.5 Å². The summed E-state index contributed by atoms with van der Waals surface area (Å²) in [6.45, 7) is 9.73. The number of piperazine rings is 1. The molecule has 4 rings (SSSR count). The average Bonchev–Trinajstić information content (AvgIpc) is 3.24. The maximum absolute atomic E-state index is 13.2. The van der Waals surface area contributed by atoms with Gasteiger partial charge in [-0.25, -0.2) is 4.68 Å². The molecule has 2 aliphatic rings. The first-order chi connectivity index (χ1) is 15.1. The molecule has 8 heteroatoms. The molecule has 31 heavy (non-hydrogen) atoms. The second-order valence-electron chi connectivity index (χ2n) is 8.17. The molecule has 1 aromatic heterocycles. The molecule has 8 nitrogen and oxygen atoms in total. The van der Waals surface area contributed by atoms with E-state index in [-0.39, 0.29) is 11.8 Å². The van der Waals surface area contributed by atoms with Gasteiger partial charge in [-0.15, -0.1) is 0 Å². The summed E-state index contributed by atoms with van der Waals surface area (Å²) >= 11 is 0. The van der Waals surface area contributed by atoms with Crippen molar-refractivity contribution in [2.75, 3.05) is 59.0 Å². The van der Waals surface area contributed by atoms with Crippen molar-refractivity contribution in [3.05, 3.63) is 47.3 Å². The lowest BCUT2D eigenvalue weighted by Crippen LogP contribution is -2.52. The molecule has 2 aromatic rings. The van der Waals surface area contributed by atoms with Crippen LogP contribution in [0.1, 0.15) is 28.5 Å². The normalized spacial score (nSPS) is 17.7. The van der Waals surface area contributed by atoms with Gasteiger partial charge in [0.2, 0.25) is 5.91 Å². The van der Waals surface area contributed by atoms with E-state index < -0.39 is 0 Å². The molecular weight excluding hydrogens is 394 g/mol. The summed E-state index contributed by atoms with van der Waals surface area (Å²) in [5.74, 6) is 0.171. The molecule has 1 aromatic carbocycles. The highest BCUT2D eigenvalue weighted by atomic mass is 16.5. The van der Waals surface area contributed by atoms with Gasteiger partial charge < -0.3 is 14.5 Å². The zero-order valence-electron chi connectivity index (χ0n) is 18.4. The fraction of sp³-hybridized carbons (Fsp3) is 0.522. The molecule has 0 radical (unpaired) electrons. The number of rotatable bonds is 5. The molecule has 0 bridgehead atoms. The minimum atomic E-state index is 0.0226. The lowest BCUT2D eigenvalue weighted by molar-refractivity contribution is -0.136. The number of carbonyl (C=O) groups is 2. The first-order valence-electron chi connectivity index (χ1n) is 11.1. The number of aryl methyl sites for hydroxylation is 1. The largest absolute Gasteiger partial charge is 0.378 e. The zero-order chi connectivity index (χ0) is 21.8. The van der Waals surface area contributed by atoms with E-state index in [1.807, 2.05) is 33.5 Å². The molecule has 0 N–H and O–H groups in total. The van der Waals surface area contributed by atoms with Crippen LogP contribution in [-0.2, 0) is 16.0 Å². The number of aromatic nitrogens is 2. The number of morpholine rings is 1. The summed E-state index contributed by atoms with van der Waals surface area (Å²) in [5.41, 5.74) is 3.75. The van der Waals surface area contributed by atoms with Crippen LogP contribution >= 0.6 is 0 Å². The fourth-order valence-corrected chi connectivity index (χ4v) is 4.18. The van der Waals surface area contributed by atoms with Crippen molar-refractivity contribution in [1.82, 2.24) is 24.5 Å². The van der Waals surface area contributed by atoms with Crippen LogP contribution < -0.4 is 0 Å². The van der Waals surface area contributed by atoms with E-state index in [0.717, 1.165) is 17.8 Å². The number of ether oxygens (including phenoxy) is 1. The van der Waals surface area contributed by atoms with Gasteiger partial charge in [-0.05, 0) is 25.5 Å². The first-order valence-corrected chi connectivity index (χ1v) is 11.1. The Morgan fingerprint density at radius 3 is 2.29 bits per heavy atom. The van der Waals surface area contributed by atoms with Crippen LogP contribution in [-0.4, -0.2) is 95.3 Å². The predicted octanol–water partition coefficient (Wildman–Crippen LogP) is 1.36. The van der Waals surface area contributed by atoms with E-state index in [1.54, 1.807) is 6.20 Å². The van der Waals surface area contributed by atoms with Gasteiger partial charge in [0.25, 0.3) is 5.91 Å². The lowest BCUT2D eigenvalue weighted by atomic mass is 10.1. The fourth-order valence-electron chi connectivity index (χ4n) is 4.18. The standard InChI is InChI=1S/C23H31N5O3/c1-3-21-20(16-24-28(21)19-6-4-18(2)5-7-19)23(30)27-10-8-25(9-11-27)17-22(29)26-12-14-31-15-13-26/h4-7,16H,3,8-15,17H2,1-2H3. The topological polar surface area (TPSA) is 70.9 Å². The molecule has 0 atom stereocenters. The number of nitrogens with zero attached hydrogens (tertiary/aromatic N) is 5. The van der Waals surface area contributed by atoms with Gasteiger partial charge in [0, 0.05) is 39.3 Å². The quantitative estimate of drug-likeness (QED) is 0.724. The Balaban J connectivity index is 1.37. The highest BCUT2D eigenvalue weighted by molar-refractivity contribution is 5.95. The summed E-state index contributed by atoms with van der Waals surface area (Å²) in [6.07, 6.45) is 2.41. The molecule has 0 saturated carbocycles. The third-order valence-corrected chi connectivity index (χ3v) is 6.09. The Morgan fingerprint density at radius 1 is 0.968 bits per heavy atom. The highest BCUT2D eigenvalue weighted by Gasteiger charge is 2.27. The molecule has 2 aliphatic heterocycles. The van der Waals surface area contributed by atoms with Gasteiger partial charge in [-0.2, -0.15) is 5.10 Å². The third-order valence-electron chi connectivity index (χ3n) is 6.09. The monoisotopic (exact) mass is 425 g/mol. The van der Waals surface area contributed by atoms with Crippen LogP contribution in [0.25, 0.3) is 5.69 Å². The smallest absolute Gasteiger partial charge is 0.257 e. The van der Waals surface area contributed by atoms with Crippen LogP contribution in [0.2, 0.25) is 0 Å². The van der Waals surface area contributed by atoms with Crippen LogP contribution in [0.3, 0.4) is 0 Å². The minimum absolute atomic E-state index is 0.0226. The second kappa shape index (κ2) is 9.62. The number of benzene rings is 1. The number of hydrogen-bond acceptors (Lipinski definition) is 5. The zero-order valence-corrected chi connectivity index (χ0v) is 18.4. The average molecular weight is 426 g/mol. The van der Waals surface area contributed by atoms with Crippen molar-refractivity contribution in [1.29, 1.82) is 0 Å². The van der Waals surface area contributed by atoms with E-state index in [1.165, 1.54) is 5.56 Å². The minimum Gasteiger partial charge on any atom is -0.378 e. The molecule has 166 valence electrons. The second-order valence-corrected chi connectivity index (χ2v) is 8.17. The Bertz CT molecular complexity index is 910. The Labute approximate surface area is 183 Å². The Kier molecular flexibility index (Phi) is 6.67.